The summed E-state index contributed by atoms with van der Waals surface area (Å²) in [5, 5.41) is 21.0. The molecule has 4 N–H and O–H groups in total. The third kappa shape index (κ3) is 1.70. The molecule has 0 unspecified atom stereocenters. The summed E-state index contributed by atoms with van der Waals surface area (Å²) in [6, 6.07) is 3.01. The predicted octanol–water partition coefficient (Wildman–Crippen LogP) is 0.795. The summed E-state index contributed by atoms with van der Waals surface area (Å²) in [6.45, 7) is 3.05. The quantitative estimate of drug-likeness (QED) is 0.658. The Morgan fingerprint density at radius 2 is 2.05 bits per heavy atom. The van der Waals surface area contributed by atoms with E-state index in [4.69, 9.17) is 11.1 Å². The number of carbonyl (C=O) groups excluding carboxylic acids is 1. The lowest BCUT2D eigenvalue weighted by Crippen LogP contribution is -2.33. The Bertz CT molecular complexity index is 628. The first-order chi connectivity index (χ1) is 9.49. The third-order valence-electron chi connectivity index (χ3n) is 3.55. The number of hydrazine groups is 1. The van der Waals surface area contributed by atoms with Gasteiger partial charge in [-0.1, -0.05) is 0 Å². The number of amides is 1. The number of nitrogens with one attached hydrogen (secondary N) is 1. The number of rotatable bonds is 1. The van der Waals surface area contributed by atoms with Crippen LogP contribution in [0.2, 0.25) is 0 Å². The van der Waals surface area contributed by atoms with Gasteiger partial charge in [0.15, 0.2) is 11.5 Å². The summed E-state index contributed by atoms with van der Waals surface area (Å²) in [5.74, 6) is -0.300. The smallest absolute Gasteiger partial charge is 0.294 e. The highest BCUT2D eigenvalue weighted by Gasteiger charge is 2.42. The van der Waals surface area contributed by atoms with Crippen LogP contribution in [-0.4, -0.2) is 45.7 Å². The number of benzene rings is 1. The summed E-state index contributed by atoms with van der Waals surface area (Å²) in [7, 11) is 0. The van der Waals surface area contributed by atoms with Gasteiger partial charge in [-0.3, -0.25) is 15.2 Å². The van der Waals surface area contributed by atoms with Gasteiger partial charge in [0.05, 0.1) is 0 Å². The molecule has 1 aromatic rings. The predicted molar refractivity (Wildman–Crippen MR) is 75.1 cm³/mol. The number of hydrogen-bond acceptors (Lipinski definition) is 5. The van der Waals surface area contributed by atoms with E-state index in [-0.39, 0.29) is 28.9 Å². The van der Waals surface area contributed by atoms with Crippen molar-refractivity contribution in [2.75, 3.05) is 18.8 Å². The van der Waals surface area contributed by atoms with Crippen LogP contribution in [0.5, 0.6) is 5.75 Å². The highest BCUT2D eigenvalue weighted by Crippen LogP contribution is 2.32. The lowest BCUT2D eigenvalue weighted by Gasteiger charge is -2.17. The minimum Gasteiger partial charge on any atom is -0.506 e. The molecule has 1 amide bonds. The second-order valence-electron chi connectivity index (χ2n) is 4.91. The number of hydrogen-bond donors (Lipinski definition) is 3. The van der Waals surface area contributed by atoms with Crippen molar-refractivity contribution < 1.29 is 9.90 Å². The largest absolute Gasteiger partial charge is 0.506 e. The zero-order valence-electron chi connectivity index (χ0n) is 11.1. The molecular weight excluding hydrogens is 258 g/mol. The van der Waals surface area contributed by atoms with Crippen LogP contribution < -0.4 is 5.73 Å². The average Bonchev–Trinajstić information content (AvgIpc) is 2.95. The van der Waals surface area contributed by atoms with E-state index in [2.05, 4.69) is 4.99 Å². The minimum atomic E-state index is -0.290. The molecular formula is C13H15N5O2. The van der Waals surface area contributed by atoms with Crippen LogP contribution in [0.4, 0.5) is 11.4 Å². The zero-order valence-corrected chi connectivity index (χ0v) is 11.1. The molecule has 7 heteroatoms. The highest BCUT2D eigenvalue weighted by molar-refractivity contribution is 6.68. The topological polar surface area (TPSA) is 106 Å². The maximum atomic E-state index is 12.2. The van der Waals surface area contributed by atoms with Gasteiger partial charge in [-0.2, -0.15) is 0 Å². The number of amidine groups is 1. The molecule has 7 nitrogen and oxygen atoms in total. The first-order valence-electron chi connectivity index (χ1n) is 6.35. The van der Waals surface area contributed by atoms with Crippen molar-refractivity contribution in [3.05, 3.63) is 17.7 Å². The molecule has 2 aliphatic rings. The molecule has 20 heavy (non-hydrogen) atoms. The molecule has 0 atom stereocenters. The number of phenolic OH excluding ortho intramolecular Hbond substituents is 1. The Labute approximate surface area is 115 Å². The number of fused-ring (bicyclic) bond motifs is 1. The molecule has 0 bridgehead atoms. The van der Waals surface area contributed by atoms with Gasteiger partial charge in [-0.05, 0) is 25.0 Å². The van der Waals surface area contributed by atoms with E-state index < -0.39 is 0 Å². The number of nitrogen functional groups attached to an aromatic ring is 1. The monoisotopic (exact) mass is 273 g/mol. The molecule has 0 aromatic heterocycles. The lowest BCUT2D eigenvalue weighted by molar-refractivity contribution is -0.129. The SMILES string of the molecule is Cc1cc(N=C2C(=N)N3CCCN3C2=O)c(O)cc1N. The summed E-state index contributed by atoms with van der Waals surface area (Å²) in [4.78, 5) is 16.3. The fourth-order valence-electron chi connectivity index (χ4n) is 2.41. The van der Waals surface area contributed by atoms with Crippen molar-refractivity contribution in [2.24, 2.45) is 4.99 Å². The molecule has 2 fully saturated rings. The number of aliphatic imine (C=N–C) groups is 1. The van der Waals surface area contributed by atoms with Crippen LogP contribution >= 0.6 is 0 Å². The molecule has 0 spiro atoms. The first-order valence-corrected chi connectivity index (χ1v) is 6.35. The highest BCUT2D eigenvalue weighted by atomic mass is 16.3. The Morgan fingerprint density at radius 1 is 1.35 bits per heavy atom. The molecule has 2 saturated heterocycles. The van der Waals surface area contributed by atoms with Crippen LogP contribution in [0.3, 0.4) is 0 Å². The minimum absolute atomic E-state index is 0.0594. The number of nitrogens with zero attached hydrogens (tertiary/aromatic N) is 3. The third-order valence-corrected chi connectivity index (χ3v) is 3.55. The van der Waals surface area contributed by atoms with E-state index in [0.717, 1.165) is 12.0 Å². The van der Waals surface area contributed by atoms with Gasteiger partial charge in [0.1, 0.15) is 11.4 Å². The van der Waals surface area contributed by atoms with Crippen molar-refractivity contribution in [3.8, 4) is 5.75 Å². The van der Waals surface area contributed by atoms with Crippen molar-refractivity contribution in [1.82, 2.24) is 10.0 Å². The maximum Gasteiger partial charge on any atom is 0.294 e. The number of aromatic hydroxyl groups is 1. The molecule has 2 aliphatic heterocycles. The van der Waals surface area contributed by atoms with E-state index in [1.165, 1.54) is 11.1 Å². The molecule has 0 saturated carbocycles. The van der Waals surface area contributed by atoms with E-state index in [1.54, 1.807) is 18.0 Å². The van der Waals surface area contributed by atoms with Crippen molar-refractivity contribution in [2.45, 2.75) is 13.3 Å². The van der Waals surface area contributed by atoms with Crippen LogP contribution in [0.15, 0.2) is 17.1 Å². The normalized spacial score (nSPS) is 20.1. The zero-order chi connectivity index (χ0) is 14.4. The molecule has 0 radical (unpaired) electrons. The van der Waals surface area contributed by atoms with Gasteiger partial charge in [-0.15, -0.1) is 0 Å². The molecule has 2 heterocycles. The van der Waals surface area contributed by atoms with Gasteiger partial charge in [0, 0.05) is 24.8 Å². The van der Waals surface area contributed by atoms with E-state index in [1.807, 2.05) is 0 Å². The molecule has 104 valence electrons. The Morgan fingerprint density at radius 3 is 2.75 bits per heavy atom. The summed E-state index contributed by atoms with van der Waals surface area (Å²) in [6.07, 6.45) is 0.855. The number of anilines is 1. The average molecular weight is 273 g/mol. The fourth-order valence-corrected chi connectivity index (χ4v) is 2.41. The number of nitrogens with two attached hydrogens (primary N) is 1. The summed E-state index contributed by atoms with van der Waals surface area (Å²) >= 11 is 0. The van der Waals surface area contributed by atoms with Crippen LogP contribution in [0.1, 0.15) is 12.0 Å². The van der Waals surface area contributed by atoms with Gasteiger partial charge >= 0.3 is 0 Å². The standard InChI is InChI=1S/C13H15N5O2/c1-7-5-9(10(19)6-8(7)14)16-11-12(15)17-3-2-4-18(17)13(11)20/h5-6,15,19H,2-4,14H2,1H3. The van der Waals surface area contributed by atoms with Crippen molar-refractivity contribution in [3.63, 3.8) is 0 Å². The fraction of sp³-hybridized carbons (Fsp3) is 0.308. The van der Waals surface area contributed by atoms with Gasteiger partial charge in [-0.25, -0.2) is 10.0 Å². The van der Waals surface area contributed by atoms with Crippen molar-refractivity contribution in [1.29, 1.82) is 5.41 Å². The second kappa shape index (κ2) is 4.22. The Hall–Kier alpha value is -2.57. The van der Waals surface area contributed by atoms with Crippen molar-refractivity contribution >= 4 is 28.8 Å². The first kappa shape index (κ1) is 12.5. The second-order valence-corrected chi connectivity index (χ2v) is 4.91. The molecule has 1 aromatic carbocycles. The van der Waals surface area contributed by atoms with E-state index in [0.29, 0.717) is 18.8 Å². The van der Waals surface area contributed by atoms with Gasteiger partial charge in [0.25, 0.3) is 5.91 Å². The van der Waals surface area contributed by atoms with Crippen LogP contribution in [0, 0.1) is 12.3 Å². The number of aryl methyl sites for hydroxylation is 1. The van der Waals surface area contributed by atoms with E-state index in [9.17, 15) is 9.90 Å². The van der Waals surface area contributed by atoms with Gasteiger partial charge < -0.3 is 10.8 Å². The summed E-state index contributed by atoms with van der Waals surface area (Å²) < 4.78 is 0. The Balaban J connectivity index is 2.03. The maximum absolute atomic E-state index is 12.2. The molecule has 3 rings (SSSR count). The summed E-state index contributed by atoms with van der Waals surface area (Å²) in [5.41, 5.74) is 7.23. The van der Waals surface area contributed by atoms with Crippen LogP contribution in [0.25, 0.3) is 0 Å². The number of phenols is 1. The van der Waals surface area contributed by atoms with E-state index >= 15 is 0 Å². The number of carbonyl (C=O) groups is 1. The van der Waals surface area contributed by atoms with Gasteiger partial charge in [0.2, 0.25) is 0 Å². The Kier molecular flexibility index (Phi) is 2.63. The molecule has 0 aliphatic carbocycles. The van der Waals surface area contributed by atoms with Crippen LogP contribution in [-0.2, 0) is 4.79 Å². The lowest BCUT2D eigenvalue weighted by atomic mass is 10.1.